The molecule has 7 nitrogen and oxygen atoms in total. The molecule has 0 saturated carbocycles. The lowest BCUT2D eigenvalue weighted by atomic mass is 10.3. The van der Waals surface area contributed by atoms with Gasteiger partial charge in [0, 0.05) is 26.2 Å². The van der Waals surface area contributed by atoms with Gasteiger partial charge in [-0.25, -0.2) is 4.98 Å². The fourth-order valence-electron chi connectivity index (χ4n) is 2.11. The molecule has 1 aromatic rings. The van der Waals surface area contributed by atoms with Gasteiger partial charge in [-0.1, -0.05) is 13.3 Å². The SMILES string of the molecule is CCCCNc1nc(N)ncc1OCCN1CCOCC1. The van der Waals surface area contributed by atoms with Gasteiger partial charge in [-0.2, -0.15) is 4.98 Å². The molecule has 0 bridgehead atoms. The van der Waals surface area contributed by atoms with Crippen molar-refractivity contribution in [3.63, 3.8) is 0 Å². The van der Waals surface area contributed by atoms with E-state index in [1.165, 1.54) is 0 Å². The van der Waals surface area contributed by atoms with Crippen LogP contribution in [-0.4, -0.2) is 60.9 Å². The van der Waals surface area contributed by atoms with Gasteiger partial charge in [0.2, 0.25) is 5.95 Å². The zero-order valence-corrected chi connectivity index (χ0v) is 12.7. The van der Waals surface area contributed by atoms with Gasteiger partial charge in [0.05, 0.1) is 19.4 Å². The first-order valence-electron chi connectivity index (χ1n) is 7.59. The van der Waals surface area contributed by atoms with Crippen LogP contribution in [0.3, 0.4) is 0 Å². The standard InChI is InChI=1S/C14H25N5O2/c1-2-3-4-16-13-12(11-17-14(15)18-13)21-10-7-19-5-8-20-9-6-19/h11H,2-10H2,1H3,(H3,15,16,17,18). The van der Waals surface area contributed by atoms with Crippen LogP contribution in [0, 0.1) is 0 Å². The highest BCUT2D eigenvalue weighted by Crippen LogP contribution is 2.21. The Kier molecular flexibility index (Phi) is 6.49. The topological polar surface area (TPSA) is 85.5 Å². The number of nitrogen functional groups attached to an aromatic ring is 1. The molecule has 2 heterocycles. The first-order chi connectivity index (χ1) is 10.3. The Morgan fingerprint density at radius 2 is 2.24 bits per heavy atom. The van der Waals surface area contributed by atoms with E-state index >= 15 is 0 Å². The van der Waals surface area contributed by atoms with Crippen LogP contribution < -0.4 is 15.8 Å². The highest BCUT2D eigenvalue weighted by atomic mass is 16.5. The zero-order chi connectivity index (χ0) is 14.9. The second-order valence-corrected chi connectivity index (χ2v) is 5.02. The summed E-state index contributed by atoms with van der Waals surface area (Å²) in [6.45, 7) is 8.01. The van der Waals surface area contributed by atoms with Gasteiger partial charge in [0.25, 0.3) is 0 Å². The molecule has 0 radical (unpaired) electrons. The number of nitrogens with one attached hydrogen (secondary N) is 1. The number of aromatic nitrogens is 2. The highest BCUT2D eigenvalue weighted by Gasteiger charge is 2.11. The zero-order valence-electron chi connectivity index (χ0n) is 12.7. The van der Waals surface area contributed by atoms with Crippen LogP contribution in [0.1, 0.15) is 19.8 Å². The highest BCUT2D eigenvalue weighted by molar-refractivity contribution is 5.51. The van der Waals surface area contributed by atoms with E-state index in [1.807, 2.05) is 0 Å². The molecular weight excluding hydrogens is 270 g/mol. The maximum Gasteiger partial charge on any atom is 0.222 e. The van der Waals surface area contributed by atoms with E-state index in [2.05, 4.69) is 27.1 Å². The first kappa shape index (κ1) is 15.8. The molecule has 1 fully saturated rings. The van der Waals surface area contributed by atoms with Gasteiger partial charge < -0.3 is 20.5 Å². The molecule has 1 saturated heterocycles. The number of anilines is 2. The summed E-state index contributed by atoms with van der Waals surface area (Å²) in [5.74, 6) is 1.60. The van der Waals surface area contributed by atoms with Crippen LogP contribution in [0.25, 0.3) is 0 Å². The number of hydrogen-bond donors (Lipinski definition) is 2. The maximum atomic E-state index is 5.80. The lowest BCUT2D eigenvalue weighted by Gasteiger charge is -2.26. The van der Waals surface area contributed by atoms with Crippen LogP contribution in [0.4, 0.5) is 11.8 Å². The molecule has 1 aromatic heterocycles. The van der Waals surface area contributed by atoms with E-state index in [1.54, 1.807) is 6.20 Å². The van der Waals surface area contributed by atoms with Gasteiger partial charge in [-0.05, 0) is 6.42 Å². The average Bonchev–Trinajstić information content (AvgIpc) is 2.51. The number of unbranched alkanes of at least 4 members (excludes halogenated alkanes) is 1. The van der Waals surface area contributed by atoms with Gasteiger partial charge in [0.15, 0.2) is 11.6 Å². The maximum absolute atomic E-state index is 5.80. The number of morpholine rings is 1. The fourth-order valence-corrected chi connectivity index (χ4v) is 2.11. The molecule has 0 amide bonds. The number of hydrogen-bond acceptors (Lipinski definition) is 7. The molecule has 0 unspecified atom stereocenters. The molecule has 7 heteroatoms. The molecule has 1 aliphatic heterocycles. The third-order valence-corrected chi connectivity index (χ3v) is 3.37. The quantitative estimate of drug-likeness (QED) is 0.691. The van der Waals surface area contributed by atoms with Crippen molar-refractivity contribution >= 4 is 11.8 Å². The Morgan fingerprint density at radius 1 is 1.43 bits per heavy atom. The van der Waals surface area contributed by atoms with Gasteiger partial charge in [-0.3, -0.25) is 4.90 Å². The average molecular weight is 295 g/mol. The predicted octanol–water partition coefficient (Wildman–Crippen LogP) is 0.982. The summed E-state index contributed by atoms with van der Waals surface area (Å²) in [5, 5.41) is 3.25. The third-order valence-electron chi connectivity index (χ3n) is 3.37. The van der Waals surface area contributed by atoms with Crippen molar-refractivity contribution in [3.8, 4) is 5.75 Å². The summed E-state index contributed by atoms with van der Waals surface area (Å²) in [6, 6.07) is 0. The molecule has 0 atom stereocenters. The largest absolute Gasteiger partial charge is 0.487 e. The van der Waals surface area contributed by atoms with E-state index in [0.29, 0.717) is 18.2 Å². The van der Waals surface area contributed by atoms with Crippen molar-refractivity contribution < 1.29 is 9.47 Å². The minimum Gasteiger partial charge on any atom is -0.487 e. The molecule has 3 N–H and O–H groups in total. The summed E-state index contributed by atoms with van der Waals surface area (Å²) in [5.41, 5.74) is 5.64. The van der Waals surface area contributed by atoms with Crippen molar-refractivity contribution in [1.29, 1.82) is 0 Å². The van der Waals surface area contributed by atoms with Crippen molar-refractivity contribution in [2.75, 3.05) is 57.1 Å². The summed E-state index contributed by atoms with van der Waals surface area (Å²) < 4.78 is 11.1. The molecule has 0 aliphatic carbocycles. The number of nitrogens with two attached hydrogens (primary N) is 1. The number of nitrogens with zero attached hydrogens (tertiary/aromatic N) is 3. The second kappa shape index (κ2) is 8.63. The van der Waals surface area contributed by atoms with E-state index in [-0.39, 0.29) is 5.95 Å². The van der Waals surface area contributed by atoms with Crippen LogP contribution >= 0.6 is 0 Å². The molecule has 21 heavy (non-hydrogen) atoms. The molecule has 0 spiro atoms. The smallest absolute Gasteiger partial charge is 0.222 e. The summed E-state index contributed by atoms with van der Waals surface area (Å²) in [4.78, 5) is 10.5. The molecule has 2 rings (SSSR count). The van der Waals surface area contributed by atoms with Crippen LogP contribution in [0.2, 0.25) is 0 Å². The third kappa shape index (κ3) is 5.35. The van der Waals surface area contributed by atoms with Crippen LogP contribution in [0.5, 0.6) is 5.75 Å². The van der Waals surface area contributed by atoms with Crippen molar-refractivity contribution in [2.24, 2.45) is 0 Å². The first-order valence-corrected chi connectivity index (χ1v) is 7.59. The molecule has 1 aliphatic rings. The Hall–Kier alpha value is -1.60. The molecule has 118 valence electrons. The normalized spacial score (nSPS) is 15.9. The van der Waals surface area contributed by atoms with Crippen molar-refractivity contribution in [2.45, 2.75) is 19.8 Å². The van der Waals surface area contributed by atoms with Gasteiger partial charge in [0.1, 0.15) is 6.61 Å². The summed E-state index contributed by atoms with van der Waals surface area (Å²) in [7, 11) is 0. The lowest BCUT2D eigenvalue weighted by Crippen LogP contribution is -2.38. The molecule has 0 aromatic carbocycles. The lowest BCUT2D eigenvalue weighted by molar-refractivity contribution is 0.0322. The second-order valence-electron chi connectivity index (χ2n) is 5.02. The Bertz CT molecular complexity index is 424. The van der Waals surface area contributed by atoms with Crippen molar-refractivity contribution in [3.05, 3.63) is 6.20 Å². The predicted molar refractivity (Wildman–Crippen MR) is 82.6 cm³/mol. The fraction of sp³-hybridized carbons (Fsp3) is 0.714. The van der Waals surface area contributed by atoms with E-state index in [4.69, 9.17) is 15.2 Å². The van der Waals surface area contributed by atoms with E-state index < -0.39 is 0 Å². The van der Waals surface area contributed by atoms with Crippen LogP contribution in [-0.2, 0) is 4.74 Å². The Morgan fingerprint density at radius 3 is 3.00 bits per heavy atom. The summed E-state index contributed by atoms with van der Waals surface area (Å²) >= 11 is 0. The van der Waals surface area contributed by atoms with Crippen molar-refractivity contribution in [1.82, 2.24) is 14.9 Å². The minimum atomic E-state index is 0.259. The Labute approximate surface area is 125 Å². The number of ether oxygens (including phenoxy) is 2. The summed E-state index contributed by atoms with van der Waals surface area (Å²) in [6.07, 6.45) is 3.84. The minimum absolute atomic E-state index is 0.259. The van der Waals surface area contributed by atoms with Crippen LogP contribution in [0.15, 0.2) is 6.20 Å². The van der Waals surface area contributed by atoms with Gasteiger partial charge >= 0.3 is 0 Å². The Balaban J connectivity index is 1.82. The van der Waals surface area contributed by atoms with E-state index in [9.17, 15) is 0 Å². The number of rotatable bonds is 8. The molecular formula is C14H25N5O2. The van der Waals surface area contributed by atoms with Gasteiger partial charge in [-0.15, -0.1) is 0 Å². The van der Waals surface area contributed by atoms with E-state index in [0.717, 1.165) is 52.2 Å². The monoisotopic (exact) mass is 295 g/mol.